The van der Waals surface area contributed by atoms with Gasteiger partial charge in [-0.15, -0.1) is 0 Å². The molecule has 0 aliphatic carbocycles. The Morgan fingerprint density at radius 3 is 2.71 bits per heavy atom. The summed E-state index contributed by atoms with van der Waals surface area (Å²) in [5.74, 6) is -0.175. The van der Waals surface area contributed by atoms with Crippen molar-refractivity contribution in [2.45, 2.75) is 25.8 Å². The van der Waals surface area contributed by atoms with E-state index in [4.69, 9.17) is 5.26 Å². The second-order valence-corrected chi connectivity index (χ2v) is 5.07. The minimum absolute atomic E-state index is 0.175. The SMILES string of the molecule is C=C(C)C(=O)NC(CCC#N)c1cccc2ccccc12. The second-order valence-electron chi connectivity index (χ2n) is 5.07. The Bertz CT molecular complexity index is 707. The van der Waals surface area contributed by atoms with Crippen LogP contribution in [0, 0.1) is 11.3 Å². The molecule has 0 fully saturated rings. The topological polar surface area (TPSA) is 52.9 Å². The van der Waals surface area contributed by atoms with Crippen LogP contribution in [0.5, 0.6) is 0 Å². The third-order valence-electron chi connectivity index (χ3n) is 3.44. The zero-order valence-corrected chi connectivity index (χ0v) is 12.1. The smallest absolute Gasteiger partial charge is 0.246 e. The van der Waals surface area contributed by atoms with E-state index in [0.29, 0.717) is 18.4 Å². The van der Waals surface area contributed by atoms with Crippen molar-refractivity contribution < 1.29 is 4.79 Å². The van der Waals surface area contributed by atoms with Crippen LogP contribution in [0.4, 0.5) is 0 Å². The van der Waals surface area contributed by atoms with Gasteiger partial charge in [0, 0.05) is 12.0 Å². The molecule has 1 atom stereocenters. The van der Waals surface area contributed by atoms with Crippen LogP contribution < -0.4 is 5.32 Å². The van der Waals surface area contributed by atoms with E-state index in [0.717, 1.165) is 16.3 Å². The van der Waals surface area contributed by atoms with Gasteiger partial charge < -0.3 is 5.32 Å². The van der Waals surface area contributed by atoms with Crippen LogP contribution in [0.2, 0.25) is 0 Å². The maximum Gasteiger partial charge on any atom is 0.246 e. The number of fused-ring (bicyclic) bond motifs is 1. The fourth-order valence-corrected chi connectivity index (χ4v) is 2.35. The molecule has 0 saturated heterocycles. The number of nitrogens with one attached hydrogen (secondary N) is 1. The largest absolute Gasteiger partial charge is 0.345 e. The van der Waals surface area contributed by atoms with E-state index in [1.807, 2.05) is 42.5 Å². The minimum Gasteiger partial charge on any atom is -0.345 e. The quantitative estimate of drug-likeness (QED) is 0.844. The fourth-order valence-electron chi connectivity index (χ4n) is 2.35. The van der Waals surface area contributed by atoms with Gasteiger partial charge in [-0.1, -0.05) is 49.0 Å². The van der Waals surface area contributed by atoms with Gasteiger partial charge >= 0.3 is 0 Å². The average Bonchev–Trinajstić information content (AvgIpc) is 2.50. The molecule has 2 rings (SSSR count). The Kier molecular flexibility index (Phi) is 4.73. The maximum atomic E-state index is 11.9. The molecule has 0 heterocycles. The summed E-state index contributed by atoms with van der Waals surface area (Å²) in [5.41, 5.74) is 1.51. The molecule has 3 nitrogen and oxygen atoms in total. The zero-order chi connectivity index (χ0) is 15.2. The molecule has 0 saturated carbocycles. The van der Waals surface area contributed by atoms with E-state index in [1.54, 1.807) is 6.92 Å². The zero-order valence-electron chi connectivity index (χ0n) is 12.1. The first-order chi connectivity index (χ1) is 10.1. The second kappa shape index (κ2) is 6.71. The minimum atomic E-state index is -0.181. The lowest BCUT2D eigenvalue weighted by molar-refractivity contribution is -0.118. The molecule has 21 heavy (non-hydrogen) atoms. The van der Waals surface area contributed by atoms with Crippen molar-refractivity contribution >= 4 is 16.7 Å². The molecule has 1 amide bonds. The standard InChI is InChI=1S/C18H18N2O/c1-13(2)18(21)20-17(11-6-12-19)16-10-5-8-14-7-3-4-9-15(14)16/h3-5,7-10,17H,1,6,11H2,2H3,(H,20,21). The molecule has 2 aromatic rings. The molecule has 2 aromatic carbocycles. The van der Waals surface area contributed by atoms with E-state index >= 15 is 0 Å². The van der Waals surface area contributed by atoms with Crippen LogP contribution in [0.25, 0.3) is 10.8 Å². The van der Waals surface area contributed by atoms with Crippen LogP contribution >= 0.6 is 0 Å². The van der Waals surface area contributed by atoms with E-state index in [9.17, 15) is 4.79 Å². The molecule has 1 N–H and O–H groups in total. The lowest BCUT2D eigenvalue weighted by Gasteiger charge is -2.20. The Balaban J connectivity index is 2.41. The maximum absolute atomic E-state index is 11.9. The van der Waals surface area contributed by atoms with Crippen molar-refractivity contribution in [3.8, 4) is 6.07 Å². The van der Waals surface area contributed by atoms with Crippen LogP contribution in [0.1, 0.15) is 31.4 Å². The van der Waals surface area contributed by atoms with Crippen LogP contribution in [0.15, 0.2) is 54.6 Å². The van der Waals surface area contributed by atoms with E-state index in [1.165, 1.54) is 0 Å². The molecule has 0 spiro atoms. The van der Waals surface area contributed by atoms with Crippen molar-refractivity contribution in [2.24, 2.45) is 0 Å². The third kappa shape index (κ3) is 3.49. The summed E-state index contributed by atoms with van der Waals surface area (Å²) in [6.07, 6.45) is 0.980. The number of benzene rings is 2. The van der Waals surface area contributed by atoms with Gasteiger partial charge in [-0.2, -0.15) is 5.26 Å². The normalized spacial score (nSPS) is 11.6. The van der Waals surface area contributed by atoms with Gasteiger partial charge in [0.05, 0.1) is 12.1 Å². The summed E-state index contributed by atoms with van der Waals surface area (Å²) in [6, 6.07) is 16.0. The predicted octanol–water partition coefficient (Wildman–Crippen LogP) is 3.88. The molecule has 0 bridgehead atoms. The third-order valence-corrected chi connectivity index (χ3v) is 3.44. The number of nitrogens with zero attached hydrogens (tertiary/aromatic N) is 1. The van der Waals surface area contributed by atoms with Crippen molar-refractivity contribution in [3.63, 3.8) is 0 Å². The lowest BCUT2D eigenvalue weighted by atomic mass is 9.95. The van der Waals surface area contributed by atoms with E-state index in [-0.39, 0.29) is 11.9 Å². The summed E-state index contributed by atoms with van der Waals surface area (Å²) < 4.78 is 0. The van der Waals surface area contributed by atoms with Crippen molar-refractivity contribution in [3.05, 3.63) is 60.2 Å². The van der Waals surface area contributed by atoms with Gasteiger partial charge in [-0.25, -0.2) is 0 Å². The van der Waals surface area contributed by atoms with Crippen molar-refractivity contribution in [1.82, 2.24) is 5.32 Å². The Morgan fingerprint density at radius 1 is 1.29 bits per heavy atom. The number of nitriles is 1. The lowest BCUT2D eigenvalue weighted by Crippen LogP contribution is -2.29. The molecule has 0 aliphatic heterocycles. The summed E-state index contributed by atoms with van der Waals surface area (Å²) >= 11 is 0. The highest BCUT2D eigenvalue weighted by molar-refractivity contribution is 5.93. The molecular formula is C18H18N2O. The Labute approximate surface area is 124 Å². The van der Waals surface area contributed by atoms with E-state index < -0.39 is 0 Å². The molecule has 3 heteroatoms. The first-order valence-corrected chi connectivity index (χ1v) is 6.94. The highest BCUT2D eigenvalue weighted by Gasteiger charge is 2.16. The average molecular weight is 278 g/mol. The van der Waals surface area contributed by atoms with Crippen LogP contribution in [-0.4, -0.2) is 5.91 Å². The van der Waals surface area contributed by atoms with Gasteiger partial charge in [-0.3, -0.25) is 4.79 Å². The monoisotopic (exact) mass is 278 g/mol. The number of rotatable bonds is 5. The summed E-state index contributed by atoms with van der Waals surface area (Å²) in [7, 11) is 0. The van der Waals surface area contributed by atoms with Gasteiger partial charge in [0.25, 0.3) is 0 Å². The summed E-state index contributed by atoms with van der Waals surface area (Å²) in [6.45, 7) is 5.35. The highest BCUT2D eigenvalue weighted by Crippen LogP contribution is 2.27. The first kappa shape index (κ1) is 14.8. The molecule has 0 radical (unpaired) electrons. The van der Waals surface area contributed by atoms with Crippen LogP contribution in [-0.2, 0) is 4.79 Å². The van der Waals surface area contributed by atoms with Crippen molar-refractivity contribution in [2.75, 3.05) is 0 Å². The molecule has 1 unspecified atom stereocenters. The first-order valence-electron chi connectivity index (χ1n) is 6.94. The number of hydrogen-bond acceptors (Lipinski definition) is 2. The number of hydrogen-bond donors (Lipinski definition) is 1. The van der Waals surface area contributed by atoms with Gasteiger partial charge in [0.15, 0.2) is 0 Å². The number of carbonyl (C=O) groups is 1. The van der Waals surface area contributed by atoms with Gasteiger partial charge in [-0.05, 0) is 29.7 Å². The molecule has 106 valence electrons. The van der Waals surface area contributed by atoms with E-state index in [2.05, 4.69) is 18.0 Å². The van der Waals surface area contributed by atoms with Crippen LogP contribution in [0.3, 0.4) is 0 Å². The number of carbonyl (C=O) groups excluding carboxylic acids is 1. The van der Waals surface area contributed by atoms with Crippen molar-refractivity contribution in [1.29, 1.82) is 5.26 Å². The highest BCUT2D eigenvalue weighted by atomic mass is 16.1. The molecular weight excluding hydrogens is 260 g/mol. The summed E-state index contributed by atoms with van der Waals surface area (Å²) in [5, 5.41) is 14.0. The predicted molar refractivity (Wildman–Crippen MR) is 84.5 cm³/mol. The molecule has 0 aromatic heterocycles. The number of amides is 1. The molecule has 0 aliphatic rings. The fraction of sp³-hybridized carbons (Fsp3) is 0.222. The Morgan fingerprint density at radius 2 is 2.00 bits per heavy atom. The summed E-state index contributed by atoms with van der Waals surface area (Å²) in [4.78, 5) is 11.9. The Hall–Kier alpha value is -2.60. The van der Waals surface area contributed by atoms with Gasteiger partial charge in [0.2, 0.25) is 5.91 Å². The van der Waals surface area contributed by atoms with Gasteiger partial charge in [0.1, 0.15) is 0 Å².